The summed E-state index contributed by atoms with van der Waals surface area (Å²) in [5.74, 6) is 0.0970. The minimum absolute atomic E-state index is 0.0970. The van der Waals surface area contributed by atoms with E-state index in [0.717, 1.165) is 24.8 Å². The van der Waals surface area contributed by atoms with E-state index in [1.165, 1.54) is 11.1 Å². The fourth-order valence-corrected chi connectivity index (χ4v) is 2.64. The van der Waals surface area contributed by atoms with E-state index < -0.39 is 0 Å². The van der Waals surface area contributed by atoms with Gasteiger partial charge in [-0.05, 0) is 49.4 Å². The monoisotopic (exact) mass is 349 g/mol. The molecule has 2 nitrogen and oxygen atoms in total. The lowest BCUT2D eigenvalue weighted by Gasteiger charge is -2.06. The summed E-state index contributed by atoms with van der Waals surface area (Å²) in [6, 6.07) is 13.9. The Bertz CT molecular complexity index is 653. The highest BCUT2D eigenvalue weighted by molar-refractivity contribution is 6.42. The summed E-state index contributed by atoms with van der Waals surface area (Å²) >= 11 is 11.9. The van der Waals surface area contributed by atoms with Crippen molar-refractivity contribution in [3.05, 3.63) is 69.2 Å². The first-order valence-electron chi connectivity index (χ1n) is 7.81. The molecular weight excluding hydrogens is 329 g/mol. The largest absolute Gasteiger partial charge is 0.356 e. The van der Waals surface area contributed by atoms with Crippen molar-refractivity contribution in [2.45, 2.75) is 32.6 Å². The van der Waals surface area contributed by atoms with Gasteiger partial charge in [-0.2, -0.15) is 0 Å². The first-order valence-corrected chi connectivity index (χ1v) is 8.56. The van der Waals surface area contributed by atoms with Crippen LogP contribution in [0.1, 0.15) is 29.5 Å². The number of carbonyl (C=O) groups is 1. The molecule has 2 aromatic carbocycles. The molecule has 0 saturated heterocycles. The van der Waals surface area contributed by atoms with E-state index >= 15 is 0 Å². The van der Waals surface area contributed by atoms with Crippen LogP contribution < -0.4 is 5.32 Å². The van der Waals surface area contributed by atoms with Crippen LogP contribution in [0.25, 0.3) is 0 Å². The molecule has 0 saturated carbocycles. The molecule has 0 aliphatic heterocycles. The summed E-state index contributed by atoms with van der Waals surface area (Å²) in [6.45, 7) is 2.73. The molecule has 1 amide bonds. The zero-order valence-electron chi connectivity index (χ0n) is 13.2. The molecule has 2 aromatic rings. The van der Waals surface area contributed by atoms with Gasteiger partial charge < -0.3 is 5.32 Å². The summed E-state index contributed by atoms with van der Waals surface area (Å²) in [6.07, 6.45) is 3.05. The van der Waals surface area contributed by atoms with E-state index in [0.29, 0.717) is 23.0 Å². The second kappa shape index (κ2) is 8.95. The molecular formula is C19H21Cl2NO. The number of benzene rings is 2. The third-order valence-corrected chi connectivity index (χ3v) is 4.45. The zero-order valence-corrected chi connectivity index (χ0v) is 14.8. The van der Waals surface area contributed by atoms with E-state index in [9.17, 15) is 4.79 Å². The lowest BCUT2D eigenvalue weighted by atomic mass is 10.1. The maximum Gasteiger partial charge on any atom is 0.220 e. The Hall–Kier alpha value is -1.51. The van der Waals surface area contributed by atoms with Gasteiger partial charge in [-0.25, -0.2) is 0 Å². The predicted molar refractivity (Wildman–Crippen MR) is 97.3 cm³/mol. The van der Waals surface area contributed by atoms with Crippen LogP contribution in [0.5, 0.6) is 0 Å². The average Bonchev–Trinajstić information content (AvgIpc) is 2.54. The molecule has 0 spiro atoms. The molecule has 0 aromatic heterocycles. The molecule has 0 radical (unpaired) electrons. The van der Waals surface area contributed by atoms with Crippen molar-refractivity contribution in [3.63, 3.8) is 0 Å². The molecule has 0 aliphatic rings. The summed E-state index contributed by atoms with van der Waals surface area (Å²) in [7, 11) is 0. The molecule has 0 unspecified atom stereocenters. The second-order valence-electron chi connectivity index (χ2n) is 5.69. The number of hydrogen-bond acceptors (Lipinski definition) is 1. The normalized spacial score (nSPS) is 10.6. The Morgan fingerprint density at radius 3 is 2.35 bits per heavy atom. The summed E-state index contributed by atoms with van der Waals surface area (Å²) in [5, 5.41) is 4.11. The quantitative estimate of drug-likeness (QED) is 0.701. The van der Waals surface area contributed by atoms with E-state index in [-0.39, 0.29) is 5.91 Å². The molecule has 0 aliphatic carbocycles. The van der Waals surface area contributed by atoms with Gasteiger partial charge in [0.1, 0.15) is 0 Å². The van der Waals surface area contributed by atoms with Gasteiger partial charge in [0.2, 0.25) is 5.91 Å². The zero-order chi connectivity index (χ0) is 16.7. The highest BCUT2D eigenvalue weighted by atomic mass is 35.5. The average molecular weight is 350 g/mol. The lowest BCUT2D eigenvalue weighted by molar-refractivity contribution is -0.121. The third-order valence-electron chi connectivity index (χ3n) is 3.71. The molecule has 4 heteroatoms. The van der Waals surface area contributed by atoms with Gasteiger partial charge >= 0.3 is 0 Å². The maximum atomic E-state index is 11.8. The van der Waals surface area contributed by atoms with Crippen molar-refractivity contribution in [1.29, 1.82) is 0 Å². The van der Waals surface area contributed by atoms with Gasteiger partial charge in [0.25, 0.3) is 0 Å². The van der Waals surface area contributed by atoms with Gasteiger partial charge in [0.05, 0.1) is 10.0 Å². The summed E-state index contributed by atoms with van der Waals surface area (Å²) in [5.41, 5.74) is 3.57. The Morgan fingerprint density at radius 1 is 0.957 bits per heavy atom. The molecule has 122 valence electrons. The van der Waals surface area contributed by atoms with E-state index in [1.807, 2.05) is 12.1 Å². The Kier molecular flexibility index (Phi) is 6.94. The topological polar surface area (TPSA) is 29.1 Å². The third kappa shape index (κ3) is 6.25. The van der Waals surface area contributed by atoms with Crippen molar-refractivity contribution in [2.75, 3.05) is 6.54 Å². The summed E-state index contributed by atoms with van der Waals surface area (Å²) < 4.78 is 0. The Balaban J connectivity index is 1.64. The number of rotatable bonds is 7. The maximum absolute atomic E-state index is 11.8. The Labute approximate surface area is 147 Å². The number of hydrogen-bond donors (Lipinski definition) is 1. The smallest absolute Gasteiger partial charge is 0.220 e. The van der Waals surface area contributed by atoms with E-state index in [1.54, 1.807) is 6.07 Å². The molecule has 2 rings (SSSR count). The SMILES string of the molecule is Cc1ccc(CCC(=O)NCCCc2ccc(Cl)c(Cl)c2)cc1. The van der Waals surface area contributed by atoms with Crippen molar-refractivity contribution < 1.29 is 4.79 Å². The molecule has 0 bridgehead atoms. The van der Waals surface area contributed by atoms with Gasteiger partial charge in [0.15, 0.2) is 0 Å². The van der Waals surface area contributed by atoms with Crippen LogP contribution in [-0.2, 0) is 17.6 Å². The molecule has 1 N–H and O–H groups in total. The van der Waals surface area contributed by atoms with Crippen molar-refractivity contribution in [1.82, 2.24) is 5.32 Å². The highest BCUT2D eigenvalue weighted by Crippen LogP contribution is 2.23. The molecule has 0 atom stereocenters. The number of carbonyl (C=O) groups excluding carboxylic acids is 1. The van der Waals surface area contributed by atoms with Crippen molar-refractivity contribution in [2.24, 2.45) is 0 Å². The standard InChI is InChI=1S/C19H21Cl2NO/c1-14-4-6-15(7-5-14)9-11-19(23)22-12-2-3-16-8-10-17(20)18(21)13-16/h4-8,10,13H,2-3,9,11-12H2,1H3,(H,22,23). The minimum Gasteiger partial charge on any atom is -0.356 e. The second-order valence-corrected chi connectivity index (χ2v) is 6.50. The highest BCUT2D eigenvalue weighted by Gasteiger charge is 2.03. The Morgan fingerprint density at radius 2 is 1.65 bits per heavy atom. The van der Waals surface area contributed by atoms with E-state index in [2.05, 4.69) is 36.5 Å². The van der Waals surface area contributed by atoms with E-state index in [4.69, 9.17) is 23.2 Å². The van der Waals surface area contributed by atoms with Crippen LogP contribution in [-0.4, -0.2) is 12.5 Å². The minimum atomic E-state index is 0.0970. The van der Waals surface area contributed by atoms with Gasteiger partial charge in [-0.1, -0.05) is 59.1 Å². The van der Waals surface area contributed by atoms with Crippen LogP contribution in [0.3, 0.4) is 0 Å². The number of nitrogens with one attached hydrogen (secondary N) is 1. The van der Waals surface area contributed by atoms with Crippen LogP contribution in [0.2, 0.25) is 10.0 Å². The van der Waals surface area contributed by atoms with Crippen LogP contribution in [0.15, 0.2) is 42.5 Å². The molecule has 23 heavy (non-hydrogen) atoms. The number of amides is 1. The van der Waals surface area contributed by atoms with Gasteiger partial charge in [-0.15, -0.1) is 0 Å². The van der Waals surface area contributed by atoms with Crippen LogP contribution in [0, 0.1) is 6.92 Å². The summed E-state index contributed by atoms with van der Waals surface area (Å²) in [4.78, 5) is 11.8. The number of aryl methyl sites for hydroxylation is 3. The van der Waals surface area contributed by atoms with Crippen molar-refractivity contribution in [3.8, 4) is 0 Å². The molecule has 0 fully saturated rings. The fraction of sp³-hybridized carbons (Fsp3) is 0.316. The fourth-order valence-electron chi connectivity index (χ4n) is 2.32. The van der Waals surface area contributed by atoms with Gasteiger partial charge in [-0.3, -0.25) is 4.79 Å². The van der Waals surface area contributed by atoms with Crippen molar-refractivity contribution >= 4 is 29.1 Å². The molecule has 0 heterocycles. The first kappa shape index (κ1) is 17.8. The predicted octanol–water partition coefficient (Wildman–Crippen LogP) is 4.98. The van der Waals surface area contributed by atoms with Crippen LogP contribution >= 0.6 is 23.2 Å². The first-order chi connectivity index (χ1) is 11.0. The van der Waals surface area contributed by atoms with Gasteiger partial charge in [0, 0.05) is 13.0 Å². The lowest BCUT2D eigenvalue weighted by Crippen LogP contribution is -2.24. The van der Waals surface area contributed by atoms with Crippen LogP contribution in [0.4, 0.5) is 0 Å². The number of halogens is 2.